The molecule has 0 aromatic carbocycles. The largest absolute Gasteiger partial charge is 0.209 e. The first-order valence-corrected chi connectivity index (χ1v) is 2.87. The molecule has 1 aromatic heterocycles. The van der Waals surface area contributed by atoms with Crippen LogP contribution >= 0.6 is 11.5 Å². The molecule has 0 saturated heterocycles. The minimum atomic E-state index is 0.285. The smallest absolute Gasteiger partial charge is 0.169 e. The van der Waals surface area contributed by atoms with E-state index in [4.69, 9.17) is 0 Å². The van der Waals surface area contributed by atoms with Crippen molar-refractivity contribution in [2.45, 2.75) is 6.92 Å². The molecule has 0 fully saturated rings. The highest BCUT2D eigenvalue weighted by Crippen LogP contribution is 2.14. The van der Waals surface area contributed by atoms with Gasteiger partial charge in [-0.05, 0) is 23.6 Å². The van der Waals surface area contributed by atoms with Crippen LogP contribution in [-0.4, -0.2) is 4.37 Å². The number of nitroso groups, excluding NO2 is 1. The Morgan fingerprint density at radius 2 is 2.62 bits per heavy atom. The fraction of sp³-hybridized carbons (Fsp3) is 0.250. The topological polar surface area (TPSA) is 42.3 Å². The highest BCUT2D eigenvalue weighted by atomic mass is 32.1. The van der Waals surface area contributed by atoms with Gasteiger partial charge in [0.25, 0.3) is 0 Å². The second-order valence-corrected chi connectivity index (χ2v) is 2.40. The standard InChI is InChI=1S/C4H4N2OS/c1-3-2-4(5-7)6-8-3/h2H,1H3. The van der Waals surface area contributed by atoms with Crippen LogP contribution in [0.1, 0.15) is 4.88 Å². The molecule has 0 N–H and O–H groups in total. The van der Waals surface area contributed by atoms with E-state index in [1.807, 2.05) is 6.92 Å². The SMILES string of the molecule is Cc1cc(N=O)ns1. The van der Waals surface area contributed by atoms with Crippen molar-refractivity contribution in [3.05, 3.63) is 15.9 Å². The van der Waals surface area contributed by atoms with E-state index >= 15 is 0 Å². The second kappa shape index (κ2) is 2.00. The molecule has 3 nitrogen and oxygen atoms in total. The third-order valence-corrected chi connectivity index (χ3v) is 1.39. The normalized spacial score (nSPS) is 9.12. The van der Waals surface area contributed by atoms with Crippen LogP contribution in [0.2, 0.25) is 0 Å². The zero-order valence-corrected chi connectivity index (χ0v) is 5.10. The molecule has 0 aliphatic carbocycles. The lowest BCUT2D eigenvalue weighted by Crippen LogP contribution is -1.50. The summed E-state index contributed by atoms with van der Waals surface area (Å²) in [5.74, 6) is 0.285. The second-order valence-electron chi connectivity index (χ2n) is 1.39. The Balaban J connectivity index is 3.00. The maximum Gasteiger partial charge on any atom is 0.209 e. The van der Waals surface area contributed by atoms with Crippen LogP contribution in [0.15, 0.2) is 11.2 Å². The first kappa shape index (κ1) is 5.37. The van der Waals surface area contributed by atoms with Gasteiger partial charge < -0.3 is 0 Å². The lowest BCUT2D eigenvalue weighted by atomic mass is 10.5. The zero-order chi connectivity index (χ0) is 5.98. The van der Waals surface area contributed by atoms with E-state index in [-0.39, 0.29) is 5.82 Å². The van der Waals surface area contributed by atoms with Gasteiger partial charge in [0.05, 0.1) is 0 Å². The maximum absolute atomic E-state index is 9.71. The molecule has 1 rings (SSSR count). The fourth-order valence-electron chi connectivity index (χ4n) is 0.396. The van der Waals surface area contributed by atoms with E-state index in [0.717, 1.165) is 4.88 Å². The van der Waals surface area contributed by atoms with Crippen LogP contribution < -0.4 is 0 Å². The molecule has 1 aromatic rings. The Morgan fingerprint density at radius 1 is 1.88 bits per heavy atom. The van der Waals surface area contributed by atoms with Gasteiger partial charge in [0.2, 0.25) is 5.82 Å². The molecule has 0 radical (unpaired) electrons. The van der Waals surface area contributed by atoms with Crippen LogP contribution in [-0.2, 0) is 0 Å². The molecule has 4 heteroatoms. The van der Waals surface area contributed by atoms with Gasteiger partial charge in [-0.3, -0.25) is 0 Å². The average molecular weight is 128 g/mol. The molecular weight excluding hydrogens is 124 g/mol. The van der Waals surface area contributed by atoms with Gasteiger partial charge in [0.15, 0.2) is 0 Å². The van der Waals surface area contributed by atoms with Gasteiger partial charge in [-0.2, -0.15) is 4.37 Å². The number of nitrogens with zero attached hydrogens (tertiary/aromatic N) is 2. The van der Waals surface area contributed by atoms with Crippen molar-refractivity contribution in [3.8, 4) is 0 Å². The van der Waals surface area contributed by atoms with Crippen LogP contribution in [0.5, 0.6) is 0 Å². The minimum Gasteiger partial charge on any atom is -0.169 e. The predicted octanol–water partition coefficient (Wildman–Crippen LogP) is 1.85. The van der Waals surface area contributed by atoms with Gasteiger partial charge in [-0.15, -0.1) is 4.91 Å². The summed E-state index contributed by atoms with van der Waals surface area (Å²) < 4.78 is 3.70. The Kier molecular flexibility index (Phi) is 1.34. The third kappa shape index (κ3) is 0.894. The number of aromatic nitrogens is 1. The molecule has 0 aliphatic heterocycles. The van der Waals surface area contributed by atoms with E-state index in [1.54, 1.807) is 6.07 Å². The summed E-state index contributed by atoms with van der Waals surface area (Å²) in [5.41, 5.74) is 0. The summed E-state index contributed by atoms with van der Waals surface area (Å²) >= 11 is 1.29. The Labute approximate surface area is 50.5 Å². The van der Waals surface area contributed by atoms with E-state index in [1.165, 1.54) is 11.5 Å². The molecule has 1 heterocycles. The first-order valence-electron chi connectivity index (χ1n) is 2.09. The lowest BCUT2D eigenvalue weighted by Gasteiger charge is -1.66. The summed E-state index contributed by atoms with van der Waals surface area (Å²) in [6, 6.07) is 1.65. The first-order chi connectivity index (χ1) is 3.83. The molecular formula is C4H4N2OS. The van der Waals surface area contributed by atoms with Crippen molar-refractivity contribution in [2.75, 3.05) is 0 Å². The van der Waals surface area contributed by atoms with Crippen molar-refractivity contribution in [1.29, 1.82) is 0 Å². The van der Waals surface area contributed by atoms with E-state index < -0.39 is 0 Å². The third-order valence-electron chi connectivity index (χ3n) is 0.709. The van der Waals surface area contributed by atoms with E-state index in [2.05, 4.69) is 9.55 Å². The predicted molar refractivity (Wildman–Crippen MR) is 32.3 cm³/mol. The van der Waals surface area contributed by atoms with E-state index in [9.17, 15) is 4.91 Å². The molecule has 0 bridgehead atoms. The van der Waals surface area contributed by atoms with Crippen molar-refractivity contribution in [2.24, 2.45) is 5.18 Å². The summed E-state index contributed by atoms with van der Waals surface area (Å²) in [5, 5.41) is 2.64. The Morgan fingerprint density at radius 3 is 2.88 bits per heavy atom. The summed E-state index contributed by atoms with van der Waals surface area (Å²) in [6.45, 7) is 1.88. The van der Waals surface area contributed by atoms with Crippen LogP contribution in [0.3, 0.4) is 0 Å². The monoisotopic (exact) mass is 128 g/mol. The number of aryl methyl sites for hydroxylation is 1. The highest BCUT2D eigenvalue weighted by Gasteiger charge is 1.93. The van der Waals surface area contributed by atoms with Gasteiger partial charge in [-0.1, -0.05) is 0 Å². The zero-order valence-electron chi connectivity index (χ0n) is 4.29. The summed E-state index contributed by atoms with van der Waals surface area (Å²) in [4.78, 5) is 10.7. The van der Waals surface area contributed by atoms with Crippen LogP contribution in [0, 0.1) is 11.8 Å². The summed E-state index contributed by atoms with van der Waals surface area (Å²) in [7, 11) is 0. The number of hydrogen-bond acceptors (Lipinski definition) is 4. The van der Waals surface area contributed by atoms with Crippen molar-refractivity contribution >= 4 is 17.4 Å². The molecule has 42 valence electrons. The van der Waals surface area contributed by atoms with Crippen LogP contribution in [0.25, 0.3) is 0 Å². The minimum absolute atomic E-state index is 0.285. The number of rotatable bonds is 1. The molecule has 0 amide bonds. The van der Waals surface area contributed by atoms with Gasteiger partial charge in [0.1, 0.15) is 0 Å². The van der Waals surface area contributed by atoms with E-state index in [0.29, 0.717) is 0 Å². The van der Waals surface area contributed by atoms with Crippen molar-refractivity contribution < 1.29 is 0 Å². The maximum atomic E-state index is 9.71. The number of hydrogen-bond donors (Lipinski definition) is 0. The molecule has 0 unspecified atom stereocenters. The Hall–Kier alpha value is -0.770. The van der Waals surface area contributed by atoms with Gasteiger partial charge in [-0.25, -0.2) is 0 Å². The van der Waals surface area contributed by atoms with Crippen LogP contribution in [0.4, 0.5) is 5.82 Å². The average Bonchev–Trinajstić information content (AvgIpc) is 2.14. The molecule has 0 aliphatic rings. The van der Waals surface area contributed by atoms with Crippen molar-refractivity contribution in [1.82, 2.24) is 4.37 Å². The Bertz CT molecular complexity index is 196. The van der Waals surface area contributed by atoms with Gasteiger partial charge in [0, 0.05) is 10.9 Å². The summed E-state index contributed by atoms with van der Waals surface area (Å²) in [6.07, 6.45) is 0. The molecule has 8 heavy (non-hydrogen) atoms. The lowest BCUT2D eigenvalue weighted by molar-refractivity contribution is 1.40. The molecule has 0 saturated carbocycles. The molecule has 0 atom stereocenters. The highest BCUT2D eigenvalue weighted by molar-refractivity contribution is 7.05. The molecule has 0 spiro atoms. The van der Waals surface area contributed by atoms with Gasteiger partial charge >= 0.3 is 0 Å². The fourth-order valence-corrected chi connectivity index (χ4v) is 0.878. The quantitative estimate of drug-likeness (QED) is 0.541. The van der Waals surface area contributed by atoms with Crippen molar-refractivity contribution in [3.63, 3.8) is 0 Å².